The van der Waals surface area contributed by atoms with Gasteiger partial charge in [0.2, 0.25) is 0 Å². The normalized spacial score (nSPS) is 9.58. The molecule has 0 fully saturated rings. The van der Waals surface area contributed by atoms with Gasteiger partial charge in [-0.05, 0) is 29.8 Å². The summed E-state index contributed by atoms with van der Waals surface area (Å²) in [5.74, 6) is 0.599. The Labute approximate surface area is 80.0 Å². The van der Waals surface area contributed by atoms with E-state index in [-0.39, 0.29) is 0 Å². The third kappa shape index (κ3) is 1.90. The molecule has 0 amide bonds. The molecule has 2 nitrogen and oxygen atoms in total. The van der Waals surface area contributed by atoms with Crippen molar-refractivity contribution in [1.82, 2.24) is 0 Å². The van der Waals surface area contributed by atoms with Gasteiger partial charge in [0.15, 0.2) is 0 Å². The second kappa shape index (κ2) is 3.78. The Bertz CT molecular complexity index is 310. The van der Waals surface area contributed by atoms with Gasteiger partial charge in [0.1, 0.15) is 5.75 Å². The van der Waals surface area contributed by atoms with Crippen LogP contribution < -0.4 is 4.74 Å². The van der Waals surface area contributed by atoms with Gasteiger partial charge in [0.25, 0.3) is 5.24 Å². The highest BCUT2D eigenvalue weighted by molar-refractivity contribution is 6.68. The molecule has 0 aliphatic carbocycles. The largest absolute Gasteiger partial charge is 0.497 e. The highest BCUT2D eigenvalue weighted by Crippen LogP contribution is 2.23. The van der Waals surface area contributed by atoms with Gasteiger partial charge in [0.05, 0.1) is 17.7 Å². The van der Waals surface area contributed by atoms with Gasteiger partial charge < -0.3 is 4.74 Å². The van der Waals surface area contributed by atoms with E-state index in [9.17, 15) is 4.79 Å². The van der Waals surface area contributed by atoms with Crippen molar-refractivity contribution in [2.75, 3.05) is 7.11 Å². The minimum absolute atomic E-state index is 0.291. The van der Waals surface area contributed by atoms with Crippen LogP contribution in [0.3, 0.4) is 0 Å². The molecule has 0 saturated carbocycles. The lowest BCUT2D eigenvalue weighted by Crippen LogP contribution is -1.91. The number of benzene rings is 1. The van der Waals surface area contributed by atoms with Crippen LogP contribution in [0.4, 0.5) is 0 Å². The quantitative estimate of drug-likeness (QED) is 0.693. The second-order valence-corrected chi connectivity index (χ2v) is 2.87. The molecular weight excluding hydrogens is 199 g/mol. The Kier molecular flexibility index (Phi) is 2.95. The summed E-state index contributed by atoms with van der Waals surface area (Å²) in [6.07, 6.45) is 0. The number of hydrogen-bond acceptors (Lipinski definition) is 2. The molecule has 0 aliphatic rings. The van der Waals surface area contributed by atoms with Crippen LogP contribution in [0, 0.1) is 0 Å². The summed E-state index contributed by atoms with van der Waals surface area (Å²) in [7, 11) is 1.52. The molecule has 0 unspecified atom stereocenters. The summed E-state index contributed by atoms with van der Waals surface area (Å²) in [6.45, 7) is 0. The molecule has 0 aromatic heterocycles. The summed E-state index contributed by atoms with van der Waals surface area (Å²) in [4.78, 5) is 10.7. The van der Waals surface area contributed by atoms with E-state index in [1.165, 1.54) is 19.2 Å². The number of halogens is 2. The van der Waals surface area contributed by atoms with E-state index in [4.69, 9.17) is 27.9 Å². The molecule has 4 heteroatoms. The zero-order valence-electron chi connectivity index (χ0n) is 6.30. The van der Waals surface area contributed by atoms with Crippen LogP contribution >= 0.6 is 23.2 Å². The lowest BCUT2D eigenvalue weighted by atomic mass is 10.2. The van der Waals surface area contributed by atoms with E-state index in [0.717, 1.165) is 0 Å². The molecule has 0 bridgehead atoms. The van der Waals surface area contributed by atoms with E-state index in [0.29, 0.717) is 16.3 Å². The number of carbonyl (C=O) groups is 1. The van der Waals surface area contributed by atoms with Gasteiger partial charge in [-0.1, -0.05) is 11.6 Å². The van der Waals surface area contributed by atoms with Crippen molar-refractivity contribution in [2.45, 2.75) is 0 Å². The number of ether oxygens (including phenoxy) is 1. The standard InChI is InChI=1S/C8H6Cl2O2/c1-12-5-2-3-6(8(10)11)7(9)4-5/h2-4H,1H3. The molecule has 64 valence electrons. The molecule has 1 aromatic carbocycles. The zero-order chi connectivity index (χ0) is 9.14. The average molecular weight is 205 g/mol. The van der Waals surface area contributed by atoms with Gasteiger partial charge >= 0.3 is 0 Å². The number of hydrogen-bond donors (Lipinski definition) is 0. The fourth-order valence-electron chi connectivity index (χ4n) is 0.782. The smallest absolute Gasteiger partial charge is 0.253 e. The van der Waals surface area contributed by atoms with Crippen LogP contribution in [-0.4, -0.2) is 12.4 Å². The Balaban J connectivity index is 3.12. The summed E-state index contributed by atoms with van der Waals surface area (Å²) in [5, 5.41) is -0.267. The lowest BCUT2D eigenvalue weighted by molar-refractivity contribution is 0.108. The van der Waals surface area contributed by atoms with Gasteiger partial charge in [-0.25, -0.2) is 0 Å². The Morgan fingerprint density at radius 1 is 1.50 bits per heavy atom. The molecule has 0 radical (unpaired) electrons. The molecule has 0 aliphatic heterocycles. The molecule has 1 rings (SSSR count). The van der Waals surface area contributed by atoms with Gasteiger partial charge in [-0.15, -0.1) is 0 Å². The van der Waals surface area contributed by atoms with E-state index in [1.807, 2.05) is 0 Å². The van der Waals surface area contributed by atoms with Gasteiger partial charge in [-0.2, -0.15) is 0 Å². The number of rotatable bonds is 2. The topological polar surface area (TPSA) is 26.3 Å². The van der Waals surface area contributed by atoms with Crippen molar-refractivity contribution in [2.24, 2.45) is 0 Å². The van der Waals surface area contributed by atoms with Gasteiger partial charge in [0, 0.05) is 0 Å². The second-order valence-electron chi connectivity index (χ2n) is 2.12. The molecule has 0 saturated heterocycles. The van der Waals surface area contributed by atoms with Crippen molar-refractivity contribution in [3.63, 3.8) is 0 Å². The molecule has 0 atom stereocenters. The lowest BCUT2D eigenvalue weighted by Gasteiger charge is -2.01. The number of methoxy groups -OCH3 is 1. The predicted octanol–water partition coefficient (Wildman–Crippen LogP) is 2.73. The van der Waals surface area contributed by atoms with Crippen molar-refractivity contribution in [3.05, 3.63) is 28.8 Å². The molecule has 0 N–H and O–H groups in total. The third-order valence-corrected chi connectivity index (χ3v) is 1.90. The van der Waals surface area contributed by atoms with Crippen LogP contribution in [0.25, 0.3) is 0 Å². The van der Waals surface area contributed by atoms with Crippen molar-refractivity contribution >= 4 is 28.4 Å². The van der Waals surface area contributed by atoms with Crippen LogP contribution in [0.15, 0.2) is 18.2 Å². The highest BCUT2D eigenvalue weighted by atomic mass is 35.5. The van der Waals surface area contributed by atoms with Crippen molar-refractivity contribution in [3.8, 4) is 5.75 Å². The first kappa shape index (κ1) is 9.36. The maximum atomic E-state index is 10.7. The van der Waals surface area contributed by atoms with E-state index in [2.05, 4.69) is 0 Å². The first-order chi connectivity index (χ1) is 5.65. The van der Waals surface area contributed by atoms with E-state index < -0.39 is 5.24 Å². The van der Waals surface area contributed by atoms with Crippen molar-refractivity contribution in [1.29, 1.82) is 0 Å². The Hall–Kier alpha value is -0.730. The SMILES string of the molecule is COc1ccc(C(=O)Cl)c(Cl)c1. The fourth-order valence-corrected chi connectivity index (χ4v) is 1.25. The molecule has 0 heterocycles. The summed E-state index contributed by atoms with van der Waals surface area (Å²) in [6, 6.07) is 4.69. The maximum Gasteiger partial charge on any atom is 0.253 e. The fraction of sp³-hybridized carbons (Fsp3) is 0.125. The summed E-state index contributed by atoms with van der Waals surface area (Å²) >= 11 is 11.0. The van der Waals surface area contributed by atoms with Crippen LogP contribution in [-0.2, 0) is 0 Å². The first-order valence-corrected chi connectivity index (χ1v) is 3.94. The minimum Gasteiger partial charge on any atom is -0.497 e. The van der Waals surface area contributed by atoms with Crippen LogP contribution in [0.5, 0.6) is 5.75 Å². The molecule has 0 spiro atoms. The molecule has 1 aromatic rings. The third-order valence-electron chi connectivity index (χ3n) is 1.39. The van der Waals surface area contributed by atoms with Crippen molar-refractivity contribution < 1.29 is 9.53 Å². The Morgan fingerprint density at radius 2 is 2.17 bits per heavy atom. The average Bonchev–Trinajstić information content (AvgIpc) is 2.03. The Morgan fingerprint density at radius 3 is 2.58 bits per heavy atom. The first-order valence-electron chi connectivity index (χ1n) is 3.18. The number of carbonyl (C=O) groups excluding carboxylic acids is 1. The van der Waals surface area contributed by atoms with E-state index in [1.54, 1.807) is 6.07 Å². The molecular formula is C8H6Cl2O2. The predicted molar refractivity (Wildman–Crippen MR) is 48.2 cm³/mol. The van der Waals surface area contributed by atoms with Crippen LogP contribution in [0.2, 0.25) is 5.02 Å². The summed E-state index contributed by atoms with van der Waals surface area (Å²) < 4.78 is 4.89. The zero-order valence-corrected chi connectivity index (χ0v) is 7.82. The molecule has 12 heavy (non-hydrogen) atoms. The minimum atomic E-state index is -0.567. The monoisotopic (exact) mass is 204 g/mol. The summed E-state index contributed by atoms with van der Waals surface area (Å²) in [5.41, 5.74) is 0.291. The highest BCUT2D eigenvalue weighted by Gasteiger charge is 2.07. The van der Waals surface area contributed by atoms with Gasteiger partial charge in [-0.3, -0.25) is 4.79 Å². The maximum absolute atomic E-state index is 10.7. The van der Waals surface area contributed by atoms with E-state index >= 15 is 0 Å². The van der Waals surface area contributed by atoms with Crippen LogP contribution in [0.1, 0.15) is 10.4 Å².